The number of thioether (sulfide) groups is 1. The number of nitrogens with zero attached hydrogens (tertiary/aromatic N) is 6. The predicted octanol–water partition coefficient (Wildman–Crippen LogP) is 1.04. The molecule has 1 aromatic heterocycles. The van der Waals surface area contributed by atoms with Gasteiger partial charge in [0.1, 0.15) is 0 Å². The molecule has 1 fully saturated rings. The number of carbonyl (C=O) groups is 1. The van der Waals surface area contributed by atoms with Crippen molar-refractivity contribution in [2.75, 3.05) is 31.1 Å². The van der Waals surface area contributed by atoms with Gasteiger partial charge in [-0.2, -0.15) is 0 Å². The van der Waals surface area contributed by atoms with Crippen molar-refractivity contribution in [2.45, 2.75) is 17.3 Å². The van der Waals surface area contributed by atoms with Crippen molar-refractivity contribution >= 4 is 23.4 Å². The van der Waals surface area contributed by atoms with Crippen LogP contribution in [-0.2, 0) is 11.8 Å². The zero-order valence-corrected chi connectivity index (χ0v) is 14.1. The molecule has 2 aromatic rings. The van der Waals surface area contributed by atoms with E-state index in [0.29, 0.717) is 5.16 Å². The molecule has 0 bridgehead atoms. The molecule has 3 rings (SSSR count). The van der Waals surface area contributed by atoms with Gasteiger partial charge in [0.15, 0.2) is 0 Å². The Kier molecular flexibility index (Phi) is 4.80. The van der Waals surface area contributed by atoms with Crippen LogP contribution in [0.25, 0.3) is 0 Å². The fraction of sp³-hybridized carbons (Fsp3) is 0.467. The summed E-state index contributed by atoms with van der Waals surface area (Å²) in [6.07, 6.45) is 0. The summed E-state index contributed by atoms with van der Waals surface area (Å²) in [5.74, 6) is 0.144. The SMILES string of the molecule is CC(Sc1nnnn1C)C(=O)N1CCN(c2ccccc2)CC1. The monoisotopic (exact) mass is 332 g/mol. The van der Waals surface area contributed by atoms with E-state index < -0.39 is 0 Å². The maximum atomic E-state index is 12.6. The van der Waals surface area contributed by atoms with Gasteiger partial charge in [0, 0.05) is 38.9 Å². The predicted molar refractivity (Wildman–Crippen MR) is 89.4 cm³/mol. The van der Waals surface area contributed by atoms with Gasteiger partial charge in [-0.25, -0.2) is 4.68 Å². The van der Waals surface area contributed by atoms with Crippen LogP contribution >= 0.6 is 11.8 Å². The molecule has 1 amide bonds. The topological polar surface area (TPSA) is 67.2 Å². The molecular formula is C15H20N6OS. The number of amides is 1. The number of piperazine rings is 1. The van der Waals surface area contributed by atoms with Gasteiger partial charge in [-0.05, 0) is 29.5 Å². The van der Waals surface area contributed by atoms with Gasteiger partial charge >= 0.3 is 0 Å². The molecule has 1 aliphatic rings. The summed E-state index contributed by atoms with van der Waals surface area (Å²) in [5, 5.41) is 11.8. The van der Waals surface area contributed by atoms with Gasteiger partial charge < -0.3 is 9.80 Å². The van der Waals surface area contributed by atoms with Crippen molar-refractivity contribution in [3.05, 3.63) is 30.3 Å². The van der Waals surface area contributed by atoms with Crippen LogP contribution in [0, 0.1) is 0 Å². The summed E-state index contributed by atoms with van der Waals surface area (Å²) in [5.41, 5.74) is 1.21. The maximum absolute atomic E-state index is 12.6. The Morgan fingerprint density at radius 1 is 1.17 bits per heavy atom. The number of hydrogen-bond donors (Lipinski definition) is 0. The molecule has 8 heteroatoms. The number of aryl methyl sites for hydroxylation is 1. The lowest BCUT2D eigenvalue weighted by Crippen LogP contribution is -2.50. The lowest BCUT2D eigenvalue weighted by atomic mass is 10.2. The van der Waals surface area contributed by atoms with E-state index in [-0.39, 0.29) is 11.2 Å². The molecule has 23 heavy (non-hydrogen) atoms. The molecule has 1 aromatic carbocycles. The van der Waals surface area contributed by atoms with Crippen LogP contribution in [0.2, 0.25) is 0 Å². The summed E-state index contributed by atoms with van der Waals surface area (Å²) >= 11 is 1.40. The van der Waals surface area contributed by atoms with Crippen molar-refractivity contribution < 1.29 is 4.79 Å². The lowest BCUT2D eigenvalue weighted by molar-refractivity contribution is -0.130. The average Bonchev–Trinajstić information content (AvgIpc) is 3.00. The van der Waals surface area contributed by atoms with Gasteiger partial charge in [0.2, 0.25) is 11.1 Å². The van der Waals surface area contributed by atoms with Crippen molar-refractivity contribution in [1.82, 2.24) is 25.1 Å². The summed E-state index contributed by atoms with van der Waals surface area (Å²) < 4.78 is 1.59. The summed E-state index contributed by atoms with van der Waals surface area (Å²) in [4.78, 5) is 16.8. The van der Waals surface area contributed by atoms with Crippen LogP contribution in [0.1, 0.15) is 6.92 Å². The van der Waals surface area contributed by atoms with Gasteiger partial charge in [-0.3, -0.25) is 4.79 Å². The number of hydrogen-bond acceptors (Lipinski definition) is 6. The molecule has 122 valence electrons. The molecule has 7 nitrogen and oxygen atoms in total. The summed E-state index contributed by atoms with van der Waals surface area (Å²) in [6.45, 7) is 5.12. The van der Waals surface area contributed by atoms with E-state index in [1.165, 1.54) is 17.4 Å². The molecule has 0 spiro atoms. The van der Waals surface area contributed by atoms with Gasteiger partial charge in [-0.1, -0.05) is 30.0 Å². The molecule has 0 radical (unpaired) electrons. The van der Waals surface area contributed by atoms with E-state index in [1.54, 1.807) is 11.7 Å². The smallest absolute Gasteiger partial charge is 0.236 e. The minimum absolute atomic E-state index is 0.144. The fourth-order valence-electron chi connectivity index (χ4n) is 2.61. The van der Waals surface area contributed by atoms with E-state index in [2.05, 4.69) is 32.6 Å². The number of benzene rings is 1. The van der Waals surface area contributed by atoms with E-state index in [4.69, 9.17) is 0 Å². The van der Waals surface area contributed by atoms with Crippen LogP contribution in [0.4, 0.5) is 5.69 Å². The van der Waals surface area contributed by atoms with E-state index in [9.17, 15) is 4.79 Å². The molecule has 0 aliphatic carbocycles. The number of anilines is 1. The fourth-order valence-corrected chi connectivity index (χ4v) is 3.45. The molecule has 0 N–H and O–H groups in total. The molecule has 0 saturated carbocycles. The first-order chi connectivity index (χ1) is 11.1. The first kappa shape index (κ1) is 15.8. The molecular weight excluding hydrogens is 312 g/mol. The van der Waals surface area contributed by atoms with Crippen LogP contribution in [0.5, 0.6) is 0 Å². The van der Waals surface area contributed by atoms with Crippen LogP contribution in [-0.4, -0.2) is 62.4 Å². The Hall–Kier alpha value is -2.09. The highest BCUT2D eigenvalue weighted by molar-refractivity contribution is 8.00. The highest BCUT2D eigenvalue weighted by Crippen LogP contribution is 2.22. The van der Waals surface area contributed by atoms with E-state index in [0.717, 1.165) is 26.2 Å². The zero-order valence-electron chi connectivity index (χ0n) is 13.3. The minimum atomic E-state index is -0.192. The second kappa shape index (κ2) is 6.99. The number of aromatic nitrogens is 4. The normalized spacial score (nSPS) is 16.4. The Balaban J connectivity index is 1.55. The Morgan fingerprint density at radius 2 is 1.87 bits per heavy atom. The van der Waals surface area contributed by atoms with Gasteiger partial charge in [-0.15, -0.1) is 5.10 Å². The number of para-hydroxylation sites is 1. The van der Waals surface area contributed by atoms with Crippen LogP contribution in [0.15, 0.2) is 35.5 Å². The standard InChI is InChI=1S/C15H20N6OS/c1-12(23-15-16-17-18-19(15)2)14(22)21-10-8-20(9-11-21)13-6-4-3-5-7-13/h3-7,12H,8-11H2,1-2H3. The highest BCUT2D eigenvalue weighted by Gasteiger charge is 2.26. The number of tetrazole rings is 1. The minimum Gasteiger partial charge on any atom is -0.368 e. The van der Waals surface area contributed by atoms with Gasteiger partial charge in [0.05, 0.1) is 5.25 Å². The Bertz CT molecular complexity index is 653. The zero-order chi connectivity index (χ0) is 16.2. The average molecular weight is 332 g/mol. The van der Waals surface area contributed by atoms with Crippen molar-refractivity contribution in [2.24, 2.45) is 7.05 Å². The number of rotatable bonds is 4. The molecule has 1 atom stereocenters. The first-order valence-corrected chi connectivity index (χ1v) is 8.51. The highest BCUT2D eigenvalue weighted by atomic mass is 32.2. The first-order valence-electron chi connectivity index (χ1n) is 7.63. The molecule has 1 saturated heterocycles. The second-order valence-electron chi connectivity index (χ2n) is 5.49. The largest absolute Gasteiger partial charge is 0.368 e. The van der Waals surface area contributed by atoms with E-state index >= 15 is 0 Å². The van der Waals surface area contributed by atoms with Crippen molar-refractivity contribution in [3.63, 3.8) is 0 Å². The van der Waals surface area contributed by atoms with Crippen LogP contribution in [0.3, 0.4) is 0 Å². The molecule has 2 heterocycles. The van der Waals surface area contributed by atoms with E-state index in [1.807, 2.05) is 30.0 Å². The molecule has 1 unspecified atom stereocenters. The Morgan fingerprint density at radius 3 is 2.48 bits per heavy atom. The quantitative estimate of drug-likeness (QED) is 0.780. The second-order valence-corrected chi connectivity index (χ2v) is 6.80. The molecule has 1 aliphatic heterocycles. The van der Waals surface area contributed by atoms with Gasteiger partial charge in [0.25, 0.3) is 0 Å². The summed E-state index contributed by atoms with van der Waals surface area (Å²) in [7, 11) is 1.78. The van der Waals surface area contributed by atoms with Crippen molar-refractivity contribution in [1.29, 1.82) is 0 Å². The lowest BCUT2D eigenvalue weighted by Gasteiger charge is -2.37. The van der Waals surface area contributed by atoms with Crippen molar-refractivity contribution in [3.8, 4) is 0 Å². The third-order valence-electron chi connectivity index (χ3n) is 3.92. The maximum Gasteiger partial charge on any atom is 0.236 e. The third kappa shape index (κ3) is 3.64. The number of carbonyl (C=O) groups excluding carboxylic acids is 1. The Labute approximate surface area is 139 Å². The third-order valence-corrected chi connectivity index (χ3v) is 5.04. The summed E-state index contributed by atoms with van der Waals surface area (Å²) in [6, 6.07) is 10.3. The van der Waals surface area contributed by atoms with Crippen LogP contribution < -0.4 is 4.90 Å².